The van der Waals surface area contributed by atoms with Crippen molar-refractivity contribution in [2.45, 2.75) is 6.92 Å². The maximum absolute atomic E-state index is 11.8. The van der Waals surface area contributed by atoms with Crippen LogP contribution < -0.4 is 5.32 Å². The van der Waals surface area contributed by atoms with Crippen LogP contribution in [-0.4, -0.2) is 18.7 Å². The molecular formula is C16H13Cl3N2O2. The fraction of sp³-hybridized carbons (Fsp3) is 0.125. The number of halogens is 3. The number of oxime groups is 1. The minimum Gasteiger partial charge on any atom is -0.386 e. The third kappa shape index (κ3) is 5.43. The number of carbonyl (C=O) groups excluding carboxylic acids is 1. The first-order valence-corrected chi connectivity index (χ1v) is 7.75. The van der Waals surface area contributed by atoms with Gasteiger partial charge in [0.05, 0.1) is 27.0 Å². The van der Waals surface area contributed by atoms with Gasteiger partial charge < -0.3 is 10.2 Å². The first kappa shape index (κ1) is 17.6. The van der Waals surface area contributed by atoms with Crippen molar-refractivity contribution in [1.82, 2.24) is 0 Å². The van der Waals surface area contributed by atoms with E-state index in [1.807, 2.05) is 31.2 Å². The molecule has 0 spiro atoms. The Morgan fingerprint density at radius 3 is 2.48 bits per heavy atom. The molecule has 0 saturated carbocycles. The van der Waals surface area contributed by atoms with E-state index in [1.165, 1.54) is 18.3 Å². The fourth-order valence-corrected chi connectivity index (χ4v) is 2.25. The van der Waals surface area contributed by atoms with Crippen molar-refractivity contribution in [1.29, 1.82) is 0 Å². The normalized spacial score (nSPS) is 10.8. The molecule has 1 N–H and O–H groups in total. The molecule has 2 aromatic carbocycles. The highest BCUT2D eigenvalue weighted by molar-refractivity contribution is 6.44. The molecule has 0 heterocycles. The third-order valence-corrected chi connectivity index (χ3v) is 3.87. The first-order valence-electron chi connectivity index (χ1n) is 6.62. The molecule has 0 saturated heterocycles. The average molecular weight is 372 g/mol. The van der Waals surface area contributed by atoms with Gasteiger partial charge in [-0.25, -0.2) is 0 Å². The van der Waals surface area contributed by atoms with Crippen molar-refractivity contribution >= 4 is 52.6 Å². The Kier molecular flexibility index (Phi) is 6.28. The van der Waals surface area contributed by atoms with Gasteiger partial charge in [-0.3, -0.25) is 4.79 Å². The molecule has 0 atom stereocenters. The third-order valence-electron chi connectivity index (χ3n) is 2.83. The van der Waals surface area contributed by atoms with E-state index in [2.05, 4.69) is 10.5 Å². The number of amides is 1. The van der Waals surface area contributed by atoms with Gasteiger partial charge in [-0.1, -0.05) is 69.8 Å². The van der Waals surface area contributed by atoms with Gasteiger partial charge in [0.2, 0.25) is 0 Å². The summed E-state index contributed by atoms with van der Waals surface area (Å²) >= 11 is 17.7. The van der Waals surface area contributed by atoms with Crippen LogP contribution in [0.1, 0.15) is 11.1 Å². The van der Waals surface area contributed by atoms with Gasteiger partial charge in [0.1, 0.15) is 0 Å². The molecule has 0 bridgehead atoms. The van der Waals surface area contributed by atoms with Gasteiger partial charge in [-0.2, -0.15) is 0 Å². The van der Waals surface area contributed by atoms with E-state index in [0.717, 1.165) is 11.1 Å². The van der Waals surface area contributed by atoms with E-state index in [9.17, 15) is 4.79 Å². The molecule has 1 amide bonds. The van der Waals surface area contributed by atoms with Crippen molar-refractivity contribution < 1.29 is 9.63 Å². The average Bonchev–Trinajstić information content (AvgIpc) is 2.51. The zero-order chi connectivity index (χ0) is 16.8. The number of hydrogen-bond acceptors (Lipinski definition) is 3. The number of benzene rings is 2. The molecule has 0 aliphatic rings. The minimum absolute atomic E-state index is 0.251. The zero-order valence-corrected chi connectivity index (χ0v) is 14.4. The van der Waals surface area contributed by atoms with Crippen LogP contribution in [0.3, 0.4) is 0 Å². The predicted molar refractivity (Wildman–Crippen MR) is 94.8 cm³/mol. The number of hydrogen-bond donors (Lipinski definition) is 1. The quantitative estimate of drug-likeness (QED) is 0.459. The highest BCUT2D eigenvalue weighted by atomic mass is 35.5. The SMILES string of the molecule is Cc1ccc(/C=N\OCC(=O)Nc2cc(Cl)c(Cl)cc2Cl)cc1. The van der Waals surface area contributed by atoms with Gasteiger partial charge >= 0.3 is 0 Å². The summed E-state index contributed by atoms with van der Waals surface area (Å²) in [5.41, 5.74) is 2.39. The van der Waals surface area contributed by atoms with Crippen LogP contribution in [0.2, 0.25) is 15.1 Å². The second-order valence-corrected chi connectivity index (χ2v) is 5.93. The Bertz CT molecular complexity index is 731. The lowest BCUT2D eigenvalue weighted by Crippen LogP contribution is -2.17. The summed E-state index contributed by atoms with van der Waals surface area (Å²) in [5, 5.41) is 7.21. The summed E-state index contributed by atoms with van der Waals surface area (Å²) in [6.45, 7) is 1.74. The molecule has 23 heavy (non-hydrogen) atoms. The monoisotopic (exact) mass is 370 g/mol. The highest BCUT2D eigenvalue weighted by Crippen LogP contribution is 2.32. The molecule has 2 rings (SSSR count). The Morgan fingerprint density at radius 2 is 1.78 bits per heavy atom. The van der Waals surface area contributed by atoms with Crippen LogP contribution in [0.5, 0.6) is 0 Å². The number of rotatable bonds is 5. The van der Waals surface area contributed by atoms with Crippen molar-refractivity contribution in [2.75, 3.05) is 11.9 Å². The Morgan fingerprint density at radius 1 is 1.13 bits per heavy atom. The van der Waals surface area contributed by atoms with Gasteiger partial charge in [0.15, 0.2) is 6.61 Å². The summed E-state index contributed by atoms with van der Waals surface area (Å²) in [6.07, 6.45) is 1.53. The van der Waals surface area contributed by atoms with E-state index in [-0.39, 0.29) is 11.6 Å². The summed E-state index contributed by atoms with van der Waals surface area (Å²) in [7, 11) is 0. The number of carbonyl (C=O) groups is 1. The van der Waals surface area contributed by atoms with Crippen molar-refractivity contribution in [3.63, 3.8) is 0 Å². The summed E-state index contributed by atoms with van der Waals surface area (Å²) in [4.78, 5) is 16.7. The Balaban J connectivity index is 1.86. The fourth-order valence-electron chi connectivity index (χ4n) is 1.65. The summed E-state index contributed by atoms with van der Waals surface area (Å²) in [5.74, 6) is -0.411. The van der Waals surface area contributed by atoms with Crippen LogP contribution in [0, 0.1) is 6.92 Å². The summed E-state index contributed by atoms with van der Waals surface area (Å²) < 4.78 is 0. The highest BCUT2D eigenvalue weighted by Gasteiger charge is 2.09. The zero-order valence-electron chi connectivity index (χ0n) is 12.1. The number of aryl methyl sites for hydroxylation is 1. The molecule has 0 radical (unpaired) electrons. The molecule has 0 aliphatic carbocycles. The number of nitrogens with zero attached hydrogens (tertiary/aromatic N) is 1. The standard InChI is InChI=1S/C16H13Cl3N2O2/c1-10-2-4-11(5-3-10)8-20-23-9-16(22)21-15-7-13(18)12(17)6-14(15)19/h2-8H,9H2,1H3,(H,21,22)/b20-8-. The van der Waals surface area contributed by atoms with Gasteiger partial charge in [0, 0.05) is 0 Å². The number of nitrogens with one attached hydrogen (secondary N) is 1. The van der Waals surface area contributed by atoms with Crippen molar-refractivity contribution in [3.05, 3.63) is 62.6 Å². The van der Waals surface area contributed by atoms with Crippen LogP contribution in [0.25, 0.3) is 0 Å². The lowest BCUT2D eigenvalue weighted by Gasteiger charge is -2.08. The first-order chi connectivity index (χ1) is 11.0. The maximum atomic E-state index is 11.8. The van der Waals surface area contributed by atoms with Gasteiger partial charge in [-0.05, 0) is 24.6 Å². The lowest BCUT2D eigenvalue weighted by atomic mass is 10.2. The predicted octanol–water partition coefficient (Wildman–Crippen LogP) is 4.94. The van der Waals surface area contributed by atoms with Crippen LogP contribution >= 0.6 is 34.8 Å². The summed E-state index contributed by atoms with van der Waals surface area (Å²) in [6, 6.07) is 10.6. The molecule has 7 heteroatoms. The van der Waals surface area contributed by atoms with Crippen molar-refractivity contribution in [2.24, 2.45) is 5.16 Å². The van der Waals surface area contributed by atoms with E-state index in [4.69, 9.17) is 39.6 Å². The molecular weight excluding hydrogens is 359 g/mol. The van der Waals surface area contributed by atoms with Gasteiger partial charge in [0.25, 0.3) is 5.91 Å². The molecule has 0 aromatic heterocycles. The molecule has 4 nitrogen and oxygen atoms in total. The van der Waals surface area contributed by atoms with Crippen LogP contribution in [0.4, 0.5) is 5.69 Å². The minimum atomic E-state index is -0.411. The van der Waals surface area contributed by atoms with Crippen molar-refractivity contribution in [3.8, 4) is 0 Å². The van der Waals surface area contributed by atoms with Crippen LogP contribution in [0.15, 0.2) is 41.6 Å². The lowest BCUT2D eigenvalue weighted by molar-refractivity contribution is -0.120. The Hall–Kier alpha value is -1.75. The van der Waals surface area contributed by atoms with E-state index < -0.39 is 5.91 Å². The molecule has 0 fully saturated rings. The maximum Gasteiger partial charge on any atom is 0.265 e. The second kappa shape index (κ2) is 8.20. The van der Waals surface area contributed by atoms with E-state index >= 15 is 0 Å². The van der Waals surface area contributed by atoms with E-state index in [0.29, 0.717) is 15.7 Å². The van der Waals surface area contributed by atoms with E-state index in [1.54, 1.807) is 0 Å². The second-order valence-electron chi connectivity index (χ2n) is 4.71. The van der Waals surface area contributed by atoms with Gasteiger partial charge in [-0.15, -0.1) is 0 Å². The molecule has 2 aromatic rings. The molecule has 120 valence electrons. The Labute approximate surface area is 149 Å². The number of anilines is 1. The smallest absolute Gasteiger partial charge is 0.265 e. The molecule has 0 unspecified atom stereocenters. The topological polar surface area (TPSA) is 50.7 Å². The molecule has 0 aliphatic heterocycles. The largest absolute Gasteiger partial charge is 0.386 e. The van der Waals surface area contributed by atoms with Crippen LogP contribution in [-0.2, 0) is 9.63 Å².